The SMILES string of the molecule is CC[C@H](C)[C@H](NC(=O)[C@H](CCCN=C(N)N)NC(=O)CNC(=O)[C@@H](N)CO)C(=O)NCC(=O)N[C@@H](Cc1ccccc1)C(=O)N[C@@H](CC(C)C)C(=O)N[C@@H](CCCN=C(N)N)C(=O)N[C@H](C(=O)N[C@@H](C)C(=O)O)[C@@H](C)O. The topological polar surface area (TPSA) is 494 Å². The number of carbonyl (C=O) groups is 10. The second-order valence-electron chi connectivity index (χ2n) is 18.5. The van der Waals surface area contributed by atoms with Crippen LogP contribution in [-0.2, 0) is 54.4 Å². The number of nitrogens with two attached hydrogens (primary N) is 5. The Balaban J connectivity index is 3.41. The Kier molecular flexibility index (Phi) is 30.3. The van der Waals surface area contributed by atoms with E-state index < -0.39 is 139 Å². The summed E-state index contributed by atoms with van der Waals surface area (Å²) in [6.45, 7) is 7.45. The molecule has 76 heavy (non-hydrogen) atoms. The van der Waals surface area contributed by atoms with Crippen LogP contribution < -0.4 is 76.5 Å². The molecule has 1 aromatic carbocycles. The van der Waals surface area contributed by atoms with Crippen molar-refractivity contribution in [3.05, 3.63) is 35.9 Å². The second-order valence-corrected chi connectivity index (χ2v) is 18.5. The highest BCUT2D eigenvalue weighted by atomic mass is 16.4. The third-order valence-corrected chi connectivity index (χ3v) is 11.4. The minimum atomic E-state index is -1.65. The average Bonchev–Trinajstić information content (AvgIpc) is 3.35. The van der Waals surface area contributed by atoms with Crippen molar-refractivity contribution in [2.24, 2.45) is 50.5 Å². The molecule has 29 heteroatoms. The molecule has 0 aliphatic rings. The highest BCUT2D eigenvalue weighted by Gasteiger charge is 2.35. The zero-order valence-corrected chi connectivity index (χ0v) is 43.9. The maximum Gasteiger partial charge on any atom is 0.325 e. The van der Waals surface area contributed by atoms with Gasteiger partial charge in [-0.1, -0.05) is 64.4 Å². The first-order chi connectivity index (χ1) is 35.7. The number of hydrogen-bond donors (Lipinski definition) is 17. The maximum atomic E-state index is 14.2. The lowest BCUT2D eigenvalue weighted by Gasteiger charge is -2.28. The van der Waals surface area contributed by atoms with Crippen LogP contribution >= 0.6 is 0 Å². The fourth-order valence-corrected chi connectivity index (χ4v) is 6.98. The van der Waals surface area contributed by atoms with Crippen LogP contribution in [0.3, 0.4) is 0 Å². The largest absolute Gasteiger partial charge is 0.480 e. The van der Waals surface area contributed by atoms with Crippen LogP contribution in [-0.4, -0.2) is 174 Å². The third kappa shape index (κ3) is 26.0. The van der Waals surface area contributed by atoms with Crippen LogP contribution in [0.4, 0.5) is 0 Å². The number of nitrogens with zero attached hydrogens (tertiary/aromatic N) is 2. The fourth-order valence-electron chi connectivity index (χ4n) is 6.98. The molecule has 0 aromatic heterocycles. The maximum absolute atomic E-state index is 14.2. The Morgan fingerprint density at radius 2 is 1.04 bits per heavy atom. The standard InChI is InChI=1S/C47H80N16O13/c1-7-25(4)36(62-39(69)30(15-11-17-53-46(49)50)58-34(66)21-55-38(68)29(48)23-64)43(73)56-22-35(67)59-33(20-28-13-9-8-10-14-28)42(72)61-32(19-24(2)3)41(71)60-31(16-12-18-54-47(51)52)40(70)63-37(27(6)65)44(74)57-26(5)45(75)76/h8-10,13-14,24-27,29-33,36-37,64-65H,7,11-12,15-23,48H2,1-6H3,(H,55,68)(H,56,73)(H,57,74)(H,58,66)(H,59,67)(H,60,71)(H,61,72)(H,62,69)(H,63,70)(H,75,76)(H4,49,50,53)(H4,51,52,54)/t25-,26-,27+,29-,30-,31-,32-,33-,36-,37-/m0/s1. The number of carbonyl (C=O) groups excluding carboxylic acids is 9. The summed E-state index contributed by atoms with van der Waals surface area (Å²) in [7, 11) is 0. The Morgan fingerprint density at radius 3 is 1.51 bits per heavy atom. The second kappa shape index (κ2) is 34.8. The first-order valence-corrected chi connectivity index (χ1v) is 24.8. The van der Waals surface area contributed by atoms with Crippen molar-refractivity contribution in [2.75, 3.05) is 32.8 Å². The van der Waals surface area contributed by atoms with E-state index in [0.717, 1.165) is 0 Å². The van der Waals surface area contributed by atoms with E-state index in [1.807, 2.05) is 0 Å². The van der Waals surface area contributed by atoms with Crippen molar-refractivity contribution < 1.29 is 63.3 Å². The number of guanidine groups is 2. The number of aliphatic imine (C=N–C) groups is 2. The molecule has 0 aliphatic carbocycles. The van der Waals surface area contributed by atoms with Crippen molar-refractivity contribution in [1.82, 2.24) is 47.9 Å². The zero-order valence-electron chi connectivity index (χ0n) is 43.9. The number of aliphatic hydroxyl groups excluding tert-OH is 2. The van der Waals surface area contributed by atoms with Gasteiger partial charge < -0.3 is 91.8 Å². The van der Waals surface area contributed by atoms with Crippen molar-refractivity contribution in [2.45, 2.75) is 141 Å². The van der Waals surface area contributed by atoms with Gasteiger partial charge in [0, 0.05) is 19.5 Å². The summed E-state index contributed by atoms with van der Waals surface area (Å²) >= 11 is 0. The van der Waals surface area contributed by atoms with E-state index in [4.69, 9.17) is 33.8 Å². The van der Waals surface area contributed by atoms with Crippen molar-refractivity contribution in [1.29, 1.82) is 0 Å². The molecule has 9 amide bonds. The van der Waals surface area contributed by atoms with Gasteiger partial charge in [0.05, 0.1) is 25.8 Å². The molecule has 0 saturated heterocycles. The predicted molar refractivity (Wildman–Crippen MR) is 278 cm³/mol. The van der Waals surface area contributed by atoms with Crippen molar-refractivity contribution in [3.63, 3.8) is 0 Å². The van der Waals surface area contributed by atoms with Crippen molar-refractivity contribution >= 4 is 71.1 Å². The first kappa shape index (κ1) is 66.4. The smallest absolute Gasteiger partial charge is 0.325 e. The minimum Gasteiger partial charge on any atom is -0.480 e. The molecule has 0 aliphatic heterocycles. The molecule has 29 nitrogen and oxygen atoms in total. The lowest BCUT2D eigenvalue weighted by molar-refractivity contribution is -0.142. The summed E-state index contributed by atoms with van der Waals surface area (Å²) in [5.41, 5.74) is 27.8. The number of aliphatic carboxylic acids is 1. The number of carboxylic acids is 1. The molecule has 0 radical (unpaired) electrons. The van der Waals surface area contributed by atoms with Crippen LogP contribution in [0, 0.1) is 11.8 Å². The van der Waals surface area contributed by atoms with Crippen LogP contribution in [0.25, 0.3) is 0 Å². The van der Waals surface area contributed by atoms with Crippen LogP contribution in [0.15, 0.2) is 40.3 Å². The summed E-state index contributed by atoms with van der Waals surface area (Å²) < 4.78 is 0. The van der Waals surface area contributed by atoms with Gasteiger partial charge in [0.15, 0.2) is 11.9 Å². The Labute approximate surface area is 441 Å². The molecular weight excluding hydrogens is 997 g/mol. The van der Waals surface area contributed by atoms with Gasteiger partial charge in [0.2, 0.25) is 53.2 Å². The quantitative estimate of drug-likeness (QED) is 0.0171. The van der Waals surface area contributed by atoms with Gasteiger partial charge in [-0.15, -0.1) is 0 Å². The average molecular weight is 1080 g/mol. The lowest BCUT2D eigenvalue weighted by Crippen LogP contribution is -2.61. The molecule has 0 unspecified atom stereocenters. The van der Waals surface area contributed by atoms with E-state index in [2.05, 4.69) is 57.8 Å². The van der Waals surface area contributed by atoms with Gasteiger partial charge in [-0.2, -0.15) is 0 Å². The fraction of sp³-hybridized carbons (Fsp3) is 0.617. The van der Waals surface area contributed by atoms with Gasteiger partial charge in [0.25, 0.3) is 0 Å². The Morgan fingerprint density at radius 1 is 0.579 bits per heavy atom. The molecule has 1 aromatic rings. The van der Waals surface area contributed by atoms with Gasteiger partial charge >= 0.3 is 5.97 Å². The van der Waals surface area contributed by atoms with E-state index in [0.29, 0.717) is 12.0 Å². The molecule has 0 saturated carbocycles. The van der Waals surface area contributed by atoms with E-state index >= 15 is 0 Å². The van der Waals surface area contributed by atoms with Crippen LogP contribution in [0.2, 0.25) is 0 Å². The first-order valence-electron chi connectivity index (χ1n) is 24.8. The van der Waals surface area contributed by atoms with Crippen LogP contribution in [0.5, 0.6) is 0 Å². The summed E-state index contributed by atoms with van der Waals surface area (Å²) in [6, 6.07) is -2.41. The normalized spacial score (nSPS) is 14.9. The monoisotopic (exact) mass is 1080 g/mol. The molecule has 0 spiro atoms. The number of hydrogen-bond acceptors (Lipinski definition) is 15. The number of aliphatic hydroxyl groups is 2. The van der Waals surface area contributed by atoms with Gasteiger partial charge in [0.1, 0.15) is 48.3 Å². The highest BCUT2D eigenvalue weighted by molar-refractivity contribution is 5.98. The highest BCUT2D eigenvalue weighted by Crippen LogP contribution is 2.12. The third-order valence-electron chi connectivity index (χ3n) is 11.4. The molecule has 426 valence electrons. The van der Waals surface area contributed by atoms with E-state index in [1.54, 1.807) is 58.0 Å². The van der Waals surface area contributed by atoms with Gasteiger partial charge in [-0.3, -0.25) is 57.9 Å². The zero-order chi connectivity index (χ0) is 57.7. The number of carboxylic acid groups (broad SMARTS) is 1. The summed E-state index contributed by atoms with van der Waals surface area (Å²) in [5, 5.41) is 51.1. The molecule has 0 heterocycles. The molecule has 1 rings (SSSR count). The summed E-state index contributed by atoms with van der Waals surface area (Å²) in [6.07, 6.45) is -1.04. The molecule has 22 N–H and O–H groups in total. The summed E-state index contributed by atoms with van der Waals surface area (Å²) in [5.74, 6) is -10.3. The van der Waals surface area contributed by atoms with E-state index in [1.165, 1.54) is 13.8 Å². The predicted octanol–water partition coefficient (Wildman–Crippen LogP) is -6.14. The molecular formula is C47H80N16O13. The van der Waals surface area contributed by atoms with Crippen molar-refractivity contribution in [3.8, 4) is 0 Å². The number of amides is 9. The number of nitrogens with one attached hydrogen (secondary N) is 9. The van der Waals surface area contributed by atoms with E-state index in [-0.39, 0.29) is 69.5 Å². The molecule has 0 bridgehead atoms. The summed E-state index contributed by atoms with van der Waals surface area (Å²) in [4.78, 5) is 140. The Hall–Kier alpha value is -7.66. The van der Waals surface area contributed by atoms with Crippen LogP contribution in [0.1, 0.15) is 85.6 Å². The Bertz CT molecular complexity index is 2160. The van der Waals surface area contributed by atoms with Gasteiger partial charge in [-0.05, 0) is 63.4 Å². The number of benzene rings is 1. The molecule has 10 atom stereocenters. The van der Waals surface area contributed by atoms with Gasteiger partial charge in [-0.25, -0.2) is 0 Å². The number of rotatable bonds is 35. The lowest BCUT2D eigenvalue weighted by atomic mass is 9.97. The minimum absolute atomic E-state index is 0.0155. The molecule has 0 fully saturated rings. The van der Waals surface area contributed by atoms with E-state index in [9.17, 15) is 58.2 Å².